The molecule has 0 aliphatic rings. The van der Waals surface area contributed by atoms with Crippen molar-refractivity contribution in [3.8, 4) is 0 Å². The second-order valence-corrected chi connectivity index (χ2v) is 4.98. The quantitative estimate of drug-likeness (QED) is 0.781. The zero-order valence-electron chi connectivity index (χ0n) is 10.8. The smallest absolute Gasteiger partial charge is 0.421 e. The second-order valence-electron chi connectivity index (χ2n) is 4.55. The Kier molecular flexibility index (Phi) is 6.50. The average Bonchev–Trinajstić information content (AvgIpc) is 2.25. The Morgan fingerprint density at radius 2 is 1.90 bits per heavy atom. The lowest BCUT2D eigenvalue weighted by atomic mass is 9.91. The molecule has 1 rings (SSSR count). The Balaban J connectivity index is 0.00000400. The highest BCUT2D eigenvalue weighted by atomic mass is 35.5. The minimum absolute atomic E-state index is 0. The van der Waals surface area contributed by atoms with E-state index in [0.29, 0.717) is 6.92 Å². The van der Waals surface area contributed by atoms with Gasteiger partial charge < -0.3 is 15.9 Å². The number of halogens is 5. The number of hydrogen-bond donors (Lipinski definition) is 3. The Morgan fingerprint density at radius 3 is 2.33 bits per heavy atom. The van der Waals surface area contributed by atoms with Gasteiger partial charge >= 0.3 is 12.1 Å². The standard InChI is InChI=1S/C12H13ClF3NO3.ClH/c1-11(20,12(14,15)16)7-2-6(3-8(13)4-7)9(17)5-10(18)19;/h2-4,9,20H,5,17H2,1H3,(H,18,19);1H. The molecule has 4 N–H and O–H groups in total. The fourth-order valence-electron chi connectivity index (χ4n) is 1.58. The third-order valence-electron chi connectivity index (χ3n) is 2.86. The molecular weight excluding hydrogens is 334 g/mol. The number of benzene rings is 1. The maximum atomic E-state index is 12.8. The van der Waals surface area contributed by atoms with Crippen molar-refractivity contribution in [2.45, 2.75) is 31.2 Å². The summed E-state index contributed by atoms with van der Waals surface area (Å²) < 4.78 is 38.3. The predicted octanol–water partition coefficient (Wildman–Crippen LogP) is 3.01. The number of aliphatic carboxylic acids is 1. The Morgan fingerprint density at radius 1 is 1.38 bits per heavy atom. The Hall–Kier alpha value is -1.02. The van der Waals surface area contributed by atoms with E-state index < -0.39 is 35.8 Å². The van der Waals surface area contributed by atoms with E-state index in [-0.39, 0.29) is 23.0 Å². The molecule has 9 heteroatoms. The normalized spacial score (nSPS) is 15.8. The molecule has 1 aromatic carbocycles. The lowest BCUT2D eigenvalue weighted by Crippen LogP contribution is -2.39. The first-order valence-corrected chi connectivity index (χ1v) is 5.90. The van der Waals surface area contributed by atoms with Crippen molar-refractivity contribution < 1.29 is 28.2 Å². The monoisotopic (exact) mass is 347 g/mol. The van der Waals surface area contributed by atoms with Gasteiger partial charge in [0.05, 0.1) is 6.42 Å². The lowest BCUT2D eigenvalue weighted by molar-refractivity contribution is -0.258. The molecule has 0 aliphatic carbocycles. The molecule has 0 fully saturated rings. The number of nitrogens with two attached hydrogens (primary N) is 1. The van der Waals surface area contributed by atoms with Crippen LogP contribution < -0.4 is 5.73 Å². The summed E-state index contributed by atoms with van der Waals surface area (Å²) in [6.45, 7) is 0.588. The van der Waals surface area contributed by atoms with Crippen LogP contribution in [0, 0.1) is 0 Å². The van der Waals surface area contributed by atoms with Crippen LogP contribution in [0.2, 0.25) is 5.02 Å². The van der Waals surface area contributed by atoms with Gasteiger partial charge in [-0.25, -0.2) is 0 Å². The summed E-state index contributed by atoms with van der Waals surface area (Å²) in [5, 5.41) is 18.2. The van der Waals surface area contributed by atoms with Crippen molar-refractivity contribution in [3.05, 3.63) is 34.3 Å². The number of aliphatic hydroxyl groups is 1. The highest BCUT2D eigenvalue weighted by Crippen LogP contribution is 2.40. The highest BCUT2D eigenvalue weighted by Gasteiger charge is 2.51. The SMILES string of the molecule is CC(O)(c1cc(Cl)cc(C(N)CC(=O)O)c1)C(F)(F)F.Cl. The highest BCUT2D eigenvalue weighted by molar-refractivity contribution is 6.30. The molecule has 2 unspecified atom stereocenters. The molecule has 0 saturated carbocycles. The van der Waals surface area contributed by atoms with Crippen LogP contribution >= 0.6 is 24.0 Å². The van der Waals surface area contributed by atoms with E-state index in [2.05, 4.69) is 0 Å². The maximum absolute atomic E-state index is 12.8. The van der Waals surface area contributed by atoms with Gasteiger partial charge in [0.2, 0.25) is 0 Å². The van der Waals surface area contributed by atoms with Crippen LogP contribution in [-0.2, 0) is 10.4 Å². The second kappa shape index (κ2) is 6.83. The van der Waals surface area contributed by atoms with E-state index in [9.17, 15) is 23.1 Å². The van der Waals surface area contributed by atoms with E-state index in [1.807, 2.05) is 0 Å². The zero-order valence-corrected chi connectivity index (χ0v) is 12.4. The van der Waals surface area contributed by atoms with Gasteiger partial charge in [-0.1, -0.05) is 17.7 Å². The molecule has 0 amide bonds. The number of hydrogen-bond acceptors (Lipinski definition) is 3. The summed E-state index contributed by atoms with van der Waals surface area (Å²) in [5.74, 6) is -1.19. The molecule has 0 bridgehead atoms. The molecule has 0 aromatic heterocycles. The largest absolute Gasteiger partial charge is 0.481 e. The summed E-state index contributed by atoms with van der Waals surface area (Å²) in [5.41, 5.74) is 2.10. The molecule has 21 heavy (non-hydrogen) atoms. The summed E-state index contributed by atoms with van der Waals surface area (Å²) >= 11 is 5.71. The third-order valence-corrected chi connectivity index (χ3v) is 3.08. The lowest BCUT2D eigenvalue weighted by Gasteiger charge is -2.27. The fraction of sp³-hybridized carbons (Fsp3) is 0.417. The van der Waals surface area contributed by atoms with Crippen LogP contribution in [0.15, 0.2) is 18.2 Å². The van der Waals surface area contributed by atoms with Crippen LogP contribution in [-0.4, -0.2) is 22.4 Å². The van der Waals surface area contributed by atoms with E-state index in [1.54, 1.807) is 0 Å². The topological polar surface area (TPSA) is 83.5 Å². The summed E-state index contributed by atoms with van der Waals surface area (Å²) in [4.78, 5) is 10.6. The molecule has 0 radical (unpaired) electrons. The molecule has 4 nitrogen and oxygen atoms in total. The number of carboxylic acids is 1. The average molecular weight is 348 g/mol. The van der Waals surface area contributed by atoms with Gasteiger partial charge in [0, 0.05) is 11.1 Å². The number of carbonyl (C=O) groups is 1. The van der Waals surface area contributed by atoms with Crippen molar-refractivity contribution in [2.24, 2.45) is 5.73 Å². The first-order valence-electron chi connectivity index (χ1n) is 5.52. The minimum Gasteiger partial charge on any atom is -0.481 e. The molecule has 120 valence electrons. The number of rotatable bonds is 4. The van der Waals surface area contributed by atoms with Gasteiger partial charge in [-0.3, -0.25) is 4.79 Å². The first-order chi connectivity index (χ1) is 8.95. The Labute approximate surface area is 130 Å². The van der Waals surface area contributed by atoms with Gasteiger partial charge in [0.25, 0.3) is 0 Å². The fourth-order valence-corrected chi connectivity index (χ4v) is 1.82. The molecule has 2 atom stereocenters. The third kappa shape index (κ3) is 4.74. The maximum Gasteiger partial charge on any atom is 0.421 e. The zero-order chi connectivity index (χ0) is 15.7. The van der Waals surface area contributed by atoms with Gasteiger partial charge in [-0.15, -0.1) is 12.4 Å². The van der Waals surface area contributed by atoms with Gasteiger partial charge in [0.15, 0.2) is 5.60 Å². The Bertz CT molecular complexity index is 521. The minimum atomic E-state index is -4.90. The van der Waals surface area contributed by atoms with Crippen LogP contribution in [0.4, 0.5) is 13.2 Å². The number of alkyl halides is 3. The van der Waals surface area contributed by atoms with Crippen LogP contribution in [0.1, 0.15) is 30.5 Å². The molecular formula is C12H14Cl2F3NO3. The van der Waals surface area contributed by atoms with Gasteiger partial charge in [0.1, 0.15) is 0 Å². The number of carboxylic acid groups (broad SMARTS) is 1. The van der Waals surface area contributed by atoms with E-state index in [1.165, 1.54) is 6.07 Å². The molecule has 0 saturated heterocycles. The molecule has 0 aliphatic heterocycles. The predicted molar refractivity (Wildman–Crippen MR) is 73.5 cm³/mol. The van der Waals surface area contributed by atoms with E-state index in [0.717, 1.165) is 12.1 Å². The van der Waals surface area contributed by atoms with Crippen molar-refractivity contribution in [1.29, 1.82) is 0 Å². The van der Waals surface area contributed by atoms with Gasteiger partial charge in [-0.05, 0) is 30.2 Å². The molecule has 0 heterocycles. The summed E-state index contributed by atoms with van der Waals surface area (Å²) in [6, 6.07) is 2.22. The first kappa shape index (κ1) is 20.0. The van der Waals surface area contributed by atoms with Crippen LogP contribution in [0.5, 0.6) is 0 Å². The van der Waals surface area contributed by atoms with Crippen molar-refractivity contribution in [1.82, 2.24) is 0 Å². The molecule has 0 spiro atoms. The van der Waals surface area contributed by atoms with E-state index in [4.69, 9.17) is 22.4 Å². The van der Waals surface area contributed by atoms with Crippen LogP contribution in [0.3, 0.4) is 0 Å². The van der Waals surface area contributed by atoms with Crippen molar-refractivity contribution in [3.63, 3.8) is 0 Å². The van der Waals surface area contributed by atoms with E-state index >= 15 is 0 Å². The van der Waals surface area contributed by atoms with Crippen molar-refractivity contribution in [2.75, 3.05) is 0 Å². The van der Waals surface area contributed by atoms with Gasteiger partial charge in [-0.2, -0.15) is 13.2 Å². The van der Waals surface area contributed by atoms with Crippen LogP contribution in [0.25, 0.3) is 0 Å². The van der Waals surface area contributed by atoms with Crippen molar-refractivity contribution >= 4 is 30.0 Å². The summed E-state index contributed by atoms with van der Waals surface area (Å²) in [6.07, 6.45) is -5.36. The molecule has 1 aromatic rings. The summed E-state index contributed by atoms with van der Waals surface area (Å²) in [7, 11) is 0.